The molecule has 0 aliphatic heterocycles. The molecule has 1 N–H and O–H groups in total. The molecule has 1 aliphatic carbocycles. The minimum atomic E-state index is 0.0658. The largest absolute Gasteiger partial charge is 0.353 e. The predicted molar refractivity (Wildman–Crippen MR) is 93.1 cm³/mol. The number of nitrogens with one attached hydrogen (secondary N) is 1. The zero-order chi connectivity index (χ0) is 17.2. The van der Waals surface area contributed by atoms with Gasteiger partial charge in [0.05, 0.1) is 12.1 Å². The molecular formula is C18H22N6O. The number of aromatic nitrogens is 5. The Kier molecular flexibility index (Phi) is 4.21. The molecule has 0 atom stereocenters. The molecule has 0 radical (unpaired) electrons. The fraction of sp³-hybridized carbons (Fsp3) is 0.444. The summed E-state index contributed by atoms with van der Waals surface area (Å²) in [5.74, 6) is 0.0658. The summed E-state index contributed by atoms with van der Waals surface area (Å²) in [6.45, 7) is 2.03. The SMILES string of the molecule is Cc1cccn2c(CC(=O)NC3CCC(n4cnnc4)CC3)cnc12. The average Bonchev–Trinajstić information content (AvgIpc) is 3.27. The molecular weight excluding hydrogens is 316 g/mol. The maximum Gasteiger partial charge on any atom is 0.226 e. The Hall–Kier alpha value is -2.70. The van der Waals surface area contributed by atoms with Crippen LogP contribution in [0.15, 0.2) is 37.2 Å². The van der Waals surface area contributed by atoms with E-state index in [0.717, 1.165) is 42.6 Å². The van der Waals surface area contributed by atoms with E-state index in [1.165, 1.54) is 0 Å². The minimum absolute atomic E-state index is 0.0658. The van der Waals surface area contributed by atoms with E-state index in [1.54, 1.807) is 18.9 Å². The summed E-state index contributed by atoms with van der Waals surface area (Å²) < 4.78 is 4.07. The zero-order valence-electron chi connectivity index (χ0n) is 14.3. The average molecular weight is 338 g/mol. The van der Waals surface area contributed by atoms with Gasteiger partial charge < -0.3 is 14.3 Å². The van der Waals surface area contributed by atoms with E-state index < -0.39 is 0 Å². The number of carbonyl (C=O) groups excluding carboxylic acids is 1. The molecule has 1 saturated carbocycles. The number of hydrogen-bond acceptors (Lipinski definition) is 4. The lowest BCUT2D eigenvalue weighted by Gasteiger charge is -2.29. The minimum Gasteiger partial charge on any atom is -0.353 e. The predicted octanol–water partition coefficient (Wildman–Crippen LogP) is 2.08. The fourth-order valence-corrected chi connectivity index (χ4v) is 3.69. The van der Waals surface area contributed by atoms with Gasteiger partial charge >= 0.3 is 0 Å². The number of hydrogen-bond donors (Lipinski definition) is 1. The Bertz CT molecular complexity index is 861. The number of carbonyl (C=O) groups is 1. The summed E-state index contributed by atoms with van der Waals surface area (Å²) >= 11 is 0. The molecule has 130 valence electrons. The van der Waals surface area contributed by atoms with Crippen molar-refractivity contribution in [3.8, 4) is 0 Å². The third kappa shape index (κ3) is 3.26. The van der Waals surface area contributed by atoms with Gasteiger partial charge in [0.1, 0.15) is 18.3 Å². The van der Waals surface area contributed by atoms with Crippen molar-refractivity contribution in [2.75, 3.05) is 0 Å². The van der Waals surface area contributed by atoms with Gasteiger partial charge in [0.15, 0.2) is 0 Å². The van der Waals surface area contributed by atoms with Crippen LogP contribution in [-0.4, -0.2) is 36.1 Å². The highest BCUT2D eigenvalue weighted by atomic mass is 16.1. The highest BCUT2D eigenvalue weighted by Gasteiger charge is 2.23. The molecule has 0 saturated heterocycles. The van der Waals surface area contributed by atoms with Crippen LogP contribution in [-0.2, 0) is 11.2 Å². The maximum absolute atomic E-state index is 12.4. The number of aryl methyl sites for hydroxylation is 1. The van der Waals surface area contributed by atoms with Crippen molar-refractivity contribution in [3.05, 3.63) is 48.4 Å². The molecule has 25 heavy (non-hydrogen) atoms. The van der Waals surface area contributed by atoms with Gasteiger partial charge in [-0.05, 0) is 44.2 Å². The van der Waals surface area contributed by atoms with E-state index in [-0.39, 0.29) is 11.9 Å². The quantitative estimate of drug-likeness (QED) is 0.790. The lowest BCUT2D eigenvalue weighted by atomic mass is 9.91. The molecule has 3 aromatic heterocycles. The second-order valence-electron chi connectivity index (χ2n) is 6.79. The number of rotatable bonds is 4. The van der Waals surface area contributed by atoms with Gasteiger partial charge in [-0.15, -0.1) is 10.2 Å². The van der Waals surface area contributed by atoms with Crippen molar-refractivity contribution in [2.45, 2.75) is 51.1 Å². The first kappa shape index (κ1) is 15.8. The third-order valence-corrected chi connectivity index (χ3v) is 5.07. The lowest BCUT2D eigenvalue weighted by molar-refractivity contribution is -0.121. The third-order valence-electron chi connectivity index (χ3n) is 5.07. The summed E-state index contributed by atoms with van der Waals surface area (Å²) in [4.78, 5) is 16.9. The molecule has 3 heterocycles. The monoisotopic (exact) mass is 338 g/mol. The molecule has 1 aliphatic rings. The van der Waals surface area contributed by atoms with E-state index in [4.69, 9.17) is 0 Å². The smallest absolute Gasteiger partial charge is 0.226 e. The summed E-state index contributed by atoms with van der Waals surface area (Å²) in [7, 11) is 0. The summed E-state index contributed by atoms with van der Waals surface area (Å²) in [6, 6.07) is 4.71. The molecule has 1 amide bonds. The van der Waals surface area contributed by atoms with Gasteiger partial charge in [0.2, 0.25) is 5.91 Å². The molecule has 0 aromatic carbocycles. The second kappa shape index (κ2) is 6.66. The molecule has 0 spiro atoms. The van der Waals surface area contributed by atoms with Crippen LogP contribution in [0.3, 0.4) is 0 Å². The van der Waals surface area contributed by atoms with Crippen LogP contribution in [0, 0.1) is 6.92 Å². The zero-order valence-corrected chi connectivity index (χ0v) is 14.3. The van der Waals surface area contributed by atoms with E-state index in [1.807, 2.05) is 29.7 Å². The Balaban J connectivity index is 1.34. The summed E-state index contributed by atoms with van der Waals surface area (Å²) in [6.07, 6.45) is 11.7. The molecule has 0 bridgehead atoms. The van der Waals surface area contributed by atoms with Crippen molar-refractivity contribution in [3.63, 3.8) is 0 Å². The normalized spacial score (nSPS) is 20.7. The maximum atomic E-state index is 12.4. The van der Waals surface area contributed by atoms with Crippen LogP contribution < -0.4 is 5.32 Å². The Labute approximate surface area is 146 Å². The second-order valence-corrected chi connectivity index (χ2v) is 6.79. The molecule has 3 aromatic rings. The fourth-order valence-electron chi connectivity index (χ4n) is 3.69. The van der Waals surface area contributed by atoms with Crippen molar-refractivity contribution in [1.29, 1.82) is 0 Å². The van der Waals surface area contributed by atoms with Crippen LogP contribution in [0.25, 0.3) is 5.65 Å². The van der Waals surface area contributed by atoms with Crippen molar-refractivity contribution in [2.24, 2.45) is 0 Å². The van der Waals surface area contributed by atoms with Gasteiger partial charge in [-0.2, -0.15) is 0 Å². The molecule has 1 fully saturated rings. The van der Waals surface area contributed by atoms with E-state index in [0.29, 0.717) is 12.5 Å². The van der Waals surface area contributed by atoms with E-state index in [2.05, 4.69) is 25.1 Å². The Morgan fingerprint density at radius 2 is 2.00 bits per heavy atom. The highest BCUT2D eigenvalue weighted by molar-refractivity contribution is 5.78. The van der Waals surface area contributed by atoms with Crippen molar-refractivity contribution < 1.29 is 4.79 Å². The van der Waals surface area contributed by atoms with Gasteiger partial charge in [-0.25, -0.2) is 4.98 Å². The first-order valence-electron chi connectivity index (χ1n) is 8.76. The van der Waals surface area contributed by atoms with Gasteiger partial charge in [0.25, 0.3) is 0 Å². The van der Waals surface area contributed by atoms with Gasteiger partial charge in [-0.1, -0.05) is 6.07 Å². The first-order chi connectivity index (χ1) is 12.2. The van der Waals surface area contributed by atoms with Gasteiger partial charge in [-0.3, -0.25) is 4.79 Å². The van der Waals surface area contributed by atoms with Crippen LogP contribution >= 0.6 is 0 Å². The van der Waals surface area contributed by atoms with Crippen LogP contribution in [0.4, 0.5) is 0 Å². The Morgan fingerprint density at radius 1 is 1.24 bits per heavy atom. The van der Waals surface area contributed by atoms with Crippen LogP contribution in [0.5, 0.6) is 0 Å². The number of fused-ring (bicyclic) bond motifs is 1. The topological polar surface area (TPSA) is 77.1 Å². The molecule has 4 rings (SSSR count). The Morgan fingerprint density at radius 3 is 2.76 bits per heavy atom. The van der Waals surface area contributed by atoms with Gasteiger partial charge in [0, 0.05) is 24.5 Å². The number of pyridine rings is 1. The number of imidazole rings is 1. The standard InChI is InChI=1S/C18H22N6O/c1-13-3-2-8-24-16(10-19-18(13)24)9-17(25)22-14-4-6-15(7-5-14)23-11-20-21-12-23/h2-3,8,10-12,14-15H,4-7,9H2,1H3,(H,22,25). The van der Waals surface area contributed by atoms with E-state index >= 15 is 0 Å². The molecule has 0 unspecified atom stereocenters. The number of amides is 1. The highest BCUT2D eigenvalue weighted by Crippen LogP contribution is 2.28. The first-order valence-corrected chi connectivity index (χ1v) is 8.76. The summed E-state index contributed by atoms with van der Waals surface area (Å²) in [5, 5.41) is 10.9. The van der Waals surface area contributed by atoms with Crippen molar-refractivity contribution in [1.82, 2.24) is 29.5 Å². The number of nitrogens with zero attached hydrogens (tertiary/aromatic N) is 5. The lowest BCUT2D eigenvalue weighted by Crippen LogP contribution is -2.38. The summed E-state index contributed by atoms with van der Waals surface area (Å²) in [5.41, 5.74) is 2.95. The van der Waals surface area contributed by atoms with Crippen LogP contribution in [0.1, 0.15) is 43.0 Å². The van der Waals surface area contributed by atoms with Crippen molar-refractivity contribution >= 4 is 11.6 Å². The molecule has 7 nitrogen and oxygen atoms in total. The molecule has 7 heteroatoms. The van der Waals surface area contributed by atoms with Crippen LogP contribution in [0.2, 0.25) is 0 Å². The van der Waals surface area contributed by atoms with E-state index in [9.17, 15) is 4.79 Å².